The summed E-state index contributed by atoms with van der Waals surface area (Å²) in [6, 6.07) is 14.3. The van der Waals surface area contributed by atoms with Crippen LogP contribution in [0.1, 0.15) is 10.4 Å². The van der Waals surface area contributed by atoms with Gasteiger partial charge in [0, 0.05) is 5.56 Å². The van der Waals surface area contributed by atoms with Crippen molar-refractivity contribution in [2.75, 3.05) is 14.2 Å². The van der Waals surface area contributed by atoms with Gasteiger partial charge in [-0.15, -0.1) is 0 Å². The van der Waals surface area contributed by atoms with Crippen LogP contribution in [0.3, 0.4) is 0 Å². The van der Waals surface area contributed by atoms with Crippen LogP contribution in [0.25, 0.3) is 10.2 Å². The van der Waals surface area contributed by atoms with Crippen LogP contribution in [0.2, 0.25) is 0 Å². The molecule has 1 heterocycles. The molecule has 25 heavy (non-hydrogen) atoms. The summed E-state index contributed by atoms with van der Waals surface area (Å²) in [5.74, 6) is -0.199. The van der Waals surface area contributed by atoms with Gasteiger partial charge in [-0.1, -0.05) is 35.6 Å². The van der Waals surface area contributed by atoms with Gasteiger partial charge >= 0.3 is 5.97 Å². The molecule has 0 radical (unpaired) electrons. The van der Waals surface area contributed by atoms with Crippen LogP contribution in [0.5, 0.6) is 5.75 Å². The number of hydrogen-bond donors (Lipinski definition) is 0. The molecule has 0 aliphatic rings. The average molecular weight is 356 g/mol. The molecule has 3 rings (SSSR count). The summed E-state index contributed by atoms with van der Waals surface area (Å²) in [5, 5.41) is 0. The van der Waals surface area contributed by atoms with Gasteiger partial charge in [-0.25, -0.2) is 0 Å². The summed E-state index contributed by atoms with van der Waals surface area (Å²) in [5.41, 5.74) is 1.19. The van der Waals surface area contributed by atoms with Crippen LogP contribution in [-0.4, -0.2) is 30.7 Å². The minimum Gasteiger partial charge on any atom is -0.495 e. The molecule has 1 amide bonds. The number of ether oxygens (including phenoxy) is 2. The number of hydrogen-bond acceptors (Lipinski definition) is 5. The third-order valence-electron chi connectivity index (χ3n) is 3.62. The molecule has 0 fully saturated rings. The first-order valence-electron chi connectivity index (χ1n) is 7.51. The molecule has 0 saturated heterocycles. The molecule has 1 aromatic heterocycles. The first-order chi connectivity index (χ1) is 12.1. The highest BCUT2D eigenvalue weighted by molar-refractivity contribution is 7.16. The number of para-hydroxylation sites is 1. The Morgan fingerprint density at radius 1 is 1.08 bits per heavy atom. The lowest BCUT2D eigenvalue weighted by Crippen LogP contribution is -2.22. The van der Waals surface area contributed by atoms with Crippen LogP contribution in [0.15, 0.2) is 53.5 Å². The lowest BCUT2D eigenvalue weighted by Gasteiger charge is -2.07. The SMILES string of the molecule is COC(=O)Cn1c(=NC(=O)c2ccccc2)sc2cccc(OC)c21. The van der Waals surface area contributed by atoms with Crippen molar-refractivity contribution in [3.8, 4) is 5.75 Å². The van der Waals surface area contributed by atoms with Gasteiger partial charge in [0.05, 0.1) is 18.9 Å². The number of carbonyl (C=O) groups is 2. The summed E-state index contributed by atoms with van der Waals surface area (Å²) < 4.78 is 12.7. The highest BCUT2D eigenvalue weighted by atomic mass is 32.1. The van der Waals surface area contributed by atoms with Gasteiger partial charge in [0.25, 0.3) is 5.91 Å². The van der Waals surface area contributed by atoms with Gasteiger partial charge in [-0.05, 0) is 24.3 Å². The van der Waals surface area contributed by atoms with Crippen molar-refractivity contribution in [1.29, 1.82) is 0 Å². The Morgan fingerprint density at radius 2 is 1.84 bits per heavy atom. The highest BCUT2D eigenvalue weighted by Crippen LogP contribution is 2.27. The molecule has 6 nitrogen and oxygen atoms in total. The molecule has 0 aliphatic carbocycles. The number of methoxy groups -OCH3 is 2. The largest absolute Gasteiger partial charge is 0.495 e. The van der Waals surface area contributed by atoms with Crippen molar-refractivity contribution in [2.24, 2.45) is 4.99 Å². The Labute approximate surface area is 148 Å². The Hall–Kier alpha value is -2.93. The Morgan fingerprint density at radius 3 is 2.52 bits per heavy atom. The summed E-state index contributed by atoms with van der Waals surface area (Å²) in [6.07, 6.45) is 0. The predicted molar refractivity (Wildman–Crippen MR) is 94.7 cm³/mol. The average Bonchev–Trinajstić information content (AvgIpc) is 2.99. The number of amides is 1. The maximum absolute atomic E-state index is 12.4. The van der Waals surface area contributed by atoms with Crippen LogP contribution in [-0.2, 0) is 16.1 Å². The van der Waals surface area contributed by atoms with Crippen LogP contribution in [0.4, 0.5) is 0 Å². The van der Waals surface area contributed by atoms with E-state index >= 15 is 0 Å². The molecule has 0 spiro atoms. The van der Waals surface area contributed by atoms with E-state index in [1.807, 2.05) is 18.2 Å². The van der Waals surface area contributed by atoms with E-state index in [0.29, 0.717) is 21.6 Å². The third-order valence-corrected chi connectivity index (χ3v) is 4.66. The molecule has 2 aromatic carbocycles. The minimum absolute atomic E-state index is 0.0578. The molecule has 0 unspecified atom stereocenters. The molecular formula is C18H16N2O4S. The monoisotopic (exact) mass is 356 g/mol. The number of rotatable bonds is 4. The lowest BCUT2D eigenvalue weighted by molar-refractivity contribution is -0.141. The molecule has 128 valence electrons. The van der Waals surface area contributed by atoms with E-state index in [1.165, 1.54) is 18.4 Å². The van der Waals surface area contributed by atoms with E-state index in [0.717, 1.165) is 4.70 Å². The Bertz CT molecular complexity index is 989. The summed E-state index contributed by atoms with van der Waals surface area (Å²) in [6.45, 7) is -0.0578. The fourth-order valence-corrected chi connectivity index (χ4v) is 3.47. The van der Waals surface area contributed by atoms with Crippen molar-refractivity contribution in [2.45, 2.75) is 6.54 Å². The molecule has 7 heteroatoms. The van der Waals surface area contributed by atoms with Gasteiger partial charge < -0.3 is 14.0 Å². The van der Waals surface area contributed by atoms with E-state index in [-0.39, 0.29) is 12.5 Å². The first kappa shape index (κ1) is 16.9. The minimum atomic E-state index is -0.431. The van der Waals surface area contributed by atoms with Crippen molar-refractivity contribution in [1.82, 2.24) is 4.57 Å². The number of fused-ring (bicyclic) bond motifs is 1. The normalized spacial score (nSPS) is 11.5. The van der Waals surface area contributed by atoms with E-state index in [9.17, 15) is 9.59 Å². The fraction of sp³-hybridized carbons (Fsp3) is 0.167. The number of benzene rings is 2. The first-order valence-corrected chi connectivity index (χ1v) is 8.33. The second-order valence-corrected chi connectivity index (χ2v) is 6.15. The fourth-order valence-electron chi connectivity index (χ4n) is 2.42. The summed E-state index contributed by atoms with van der Waals surface area (Å²) >= 11 is 1.32. The van der Waals surface area contributed by atoms with Crippen LogP contribution < -0.4 is 9.54 Å². The number of carbonyl (C=O) groups excluding carboxylic acids is 2. The standard InChI is InChI=1S/C18H16N2O4S/c1-23-13-9-6-10-14-16(13)20(11-15(21)24-2)18(25-14)19-17(22)12-7-4-3-5-8-12/h3-10H,11H2,1-2H3. The lowest BCUT2D eigenvalue weighted by atomic mass is 10.2. The zero-order chi connectivity index (χ0) is 17.8. The molecule has 0 atom stereocenters. The van der Waals surface area contributed by atoms with E-state index in [2.05, 4.69) is 4.99 Å². The van der Waals surface area contributed by atoms with Gasteiger partial charge in [0.15, 0.2) is 4.80 Å². The van der Waals surface area contributed by atoms with E-state index in [4.69, 9.17) is 9.47 Å². The third kappa shape index (κ3) is 3.46. The van der Waals surface area contributed by atoms with Gasteiger partial charge in [0.1, 0.15) is 17.8 Å². The summed E-state index contributed by atoms with van der Waals surface area (Å²) in [7, 11) is 2.88. The Balaban J connectivity index is 2.20. The van der Waals surface area contributed by atoms with E-state index in [1.54, 1.807) is 42.0 Å². The van der Waals surface area contributed by atoms with Gasteiger partial charge in [0.2, 0.25) is 0 Å². The Kier molecular flexibility index (Phi) is 4.95. The van der Waals surface area contributed by atoms with Crippen LogP contribution >= 0.6 is 11.3 Å². The van der Waals surface area contributed by atoms with Crippen molar-refractivity contribution in [3.05, 3.63) is 58.9 Å². The quantitative estimate of drug-likeness (QED) is 0.674. The number of nitrogens with zero attached hydrogens (tertiary/aromatic N) is 2. The maximum Gasteiger partial charge on any atom is 0.325 e. The van der Waals surface area contributed by atoms with Crippen LogP contribution in [0, 0.1) is 0 Å². The van der Waals surface area contributed by atoms with Gasteiger partial charge in [-0.2, -0.15) is 4.99 Å². The molecular weight excluding hydrogens is 340 g/mol. The maximum atomic E-state index is 12.4. The van der Waals surface area contributed by atoms with Crippen molar-refractivity contribution >= 4 is 33.4 Å². The summed E-state index contributed by atoms with van der Waals surface area (Å²) in [4.78, 5) is 28.9. The topological polar surface area (TPSA) is 69.9 Å². The van der Waals surface area contributed by atoms with Crippen molar-refractivity contribution in [3.63, 3.8) is 0 Å². The van der Waals surface area contributed by atoms with Crippen molar-refractivity contribution < 1.29 is 19.1 Å². The number of esters is 1. The number of aromatic nitrogens is 1. The molecule has 3 aromatic rings. The molecule has 0 bridgehead atoms. The smallest absolute Gasteiger partial charge is 0.325 e. The second kappa shape index (κ2) is 7.31. The molecule has 0 saturated carbocycles. The predicted octanol–water partition coefficient (Wildman–Crippen LogP) is 2.63. The zero-order valence-corrected chi connectivity index (χ0v) is 14.6. The highest BCUT2D eigenvalue weighted by Gasteiger charge is 2.15. The number of thiazole rings is 1. The molecule has 0 aliphatic heterocycles. The molecule has 0 N–H and O–H groups in total. The zero-order valence-electron chi connectivity index (χ0n) is 13.8. The second-order valence-electron chi connectivity index (χ2n) is 5.14. The van der Waals surface area contributed by atoms with Gasteiger partial charge in [-0.3, -0.25) is 9.59 Å². The van der Waals surface area contributed by atoms with E-state index < -0.39 is 5.97 Å².